The lowest BCUT2D eigenvalue weighted by atomic mass is 9.83. The molecular weight excluding hydrogens is 729 g/mol. The third kappa shape index (κ3) is 10.2. The lowest BCUT2D eigenvalue weighted by molar-refractivity contribution is -0.137. The number of fused-ring (bicyclic) bond motifs is 2. The van der Waals surface area contributed by atoms with Gasteiger partial charge in [0.05, 0.1) is 11.0 Å². The van der Waals surface area contributed by atoms with Gasteiger partial charge in [0.15, 0.2) is 13.1 Å². The Kier molecular flexibility index (Phi) is 14.4. The number of rotatable bonds is 18. The van der Waals surface area contributed by atoms with Crippen LogP contribution < -0.4 is 14.8 Å². The highest BCUT2D eigenvalue weighted by Crippen LogP contribution is 2.48. The molecule has 0 unspecified atom stereocenters. The van der Waals surface area contributed by atoms with Gasteiger partial charge >= 0.3 is 5.97 Å². The van der Waals surface area contributed by atoms with E-state index in [2.05, 4.69) is 46.7 Å². The normalized spacial score (nSPS) is 14.9. The Morgan fingerprint density at radius 3 is 2.27 bits per heavy atom. The van der Waals surface area contributed by atoms with Gasteiger partial charge in [-0.3, -0.25) is 9.35 Å². The number of ether oxygens (including phenoxy) is 2. The van der Waals surface area contributed by atoms with Crippen LogP contribution in [0.25, 0.3) is 28.5 Å². The summed E-state index contributed by atoms with van der Waals surface area (Å²) in [5.74, 6) is 0.715. The van der Waals surface area contributed by atoms with Gasteiger partial charge in [0.25, 0.3) is 10.1 Å². The first-order valence-electron chi connectivity index (χ1n) is 18.9. The molecule has 0 atom stereocenters. The predicted molar refractivity (Wildman–Crippen MR) is 222 cm³/mol. The minimum Gasteiger partial charge on any atom is -0.481 e. The monoisotopic (exact) mass is 781 g/mol. The Morgan fingerprint density at radius 2 is 1.59 bits per heavy atom. The summed E-state index contributed by atoms with van der Waals surface area (Å²) >= 11 is 0. The molecule has 2 heterocycles. The standard InChI is InChI=1S/C45H52N2O8S/c1-33-40(55-41-31-35(46(27-29-53-4)28-30-54-5)22-24-37(41)44(33)34-17-11-9-12-18-34)19-13-7-6-8-14-20-42-45(2,3)38-32-36(56(50,51)52)23-25-39(38)47(42)26-16-10-15-21-43(48)49/h6-9,11-14,17-20,22-25,31-32H,10,15-16,21,26-30H2,1-5H3,(H-,48,49,50,51,52)/p+1. The summed E-state index contributed by atoms with van der Waals surface area (Å²) in [5.41, 5.74) is 6.36. The van der Waals surface area contributed by atoms with Gasteiger partial charge in [0.1, 0.15) is 24.7 Å². The number of carboxylic acid groups (broad SMARTS) is 1. The third-order valence-electron chi connectivity index (χ3n) is 10.1. The zero-order valence-corrected chi connectivity index (χ0v) is 33.7. The molecule has 10 nitrogen and oxygen atoms in total. The molecule has 2 aromatic rings. The lowest BCUT2D eigenvalue weighted by Gasteiger charge is -2.27. The topological polar surface area (TPSA) is 130 Å². The van der Waals surface area contributed by atoms with Crippen molar-refractivity contribution in [2.45, 2.75) is 56.8 Å². The molecule has 2 aliphatic heterocycles. The number of hydrogen-bond donors (Lipinski definition) is 2. The smallest absolute Gasteiger partial charge is 0.303 e. The van der Waals surface area contributed by atoms with Crippen molar-refractivity contribution in [1.82, 2.24) is 4.58 Å². The molecule has 56 heavy (non-hydrogen) atoms. The average molecular weight is 782 g/mol. The van der Waals surface area contributed by atoms with Crippen molar-refractivity contribution < 1.29 is 36.8 Å². The Hall–Kier alpha value is -5.07. The van der Waals surface area contributed by atoms with Gasteiger partial charge in [0, 0.05) is 61.2 Å². The van der Waals surface area contributed by atoms with Gasteiger partial charge in [0.2, 0.25) is 5.36 Å². The average Bonchev–Trinajstić information content (AvgIpc) is 3.38. The molecule has 0 amide bonds. The number of nitrogens with zero attached hydrogens (tertiary/aromatic N) is 2. The van der Waals surface area contributed by atoms with E-state index in [1.165, 1.54) is 6.07 Å². The number of anilines is 1. The molecule has 0 bridgehead atoms. The van der Waals surface area contributed by atoms with Crippen molar-refractivity contribution in [1.29, 1.82) is 0 Å². The third-order valence-corrected chi connectivity index (χ3v) is 11.0. The maximum Gasteiger partial charge on any atom is 0.303 e. The fraction of sp³-hybridized carbons (Fsp3) is 0.333. The molecule has 0 saturated carbocycles. The van der Waals surface area contributed by atoms with E-state index in [0.29, 0.717) is 26.2 Å². The molecule has 3 aliphatic rings. The second-order valence-electron chi connectivity index (χ2n) is 14.3. The molecular formula is C45H53N2O8S+. The van der Waals surface area contributed by atoms with Crippen molar-refractivity contribution in [3.8, 4) is 22.5 Å². The number of hydrogen-bond acceptors (Lipinski definition) is 7. The van der Waals surface area contributed by atoms with Crippen LogP contribution in [0.5, 0.6) is 0 Å². The van der Waals surface area contributed by atoms with Crippen LogP contribution in [0.1, 0.15) is 56.4 Å². The number of unbranched alkanes of at least 4 members (excludes halogenated alkanes) is 2. The van der Waals surface area contributed by atoms with Crippen LogP contribution >= 0.6 is 0 Å². The molecule has 0 radical (unpaired) electrons. The van der Waals surface area contributed by atoms with Crippen molar-refractivity contribution >= 4 is 27.9 Å². The highest BCUT2D eigenvalue weighted by molar-refractivity contribution is 7.85. The van der Waals surface area contributed by atoms with E-state index in [9.17, 15) is 17.8 Å². The molecule has 2 N–H and O–H groups in total. The lowest BCUT2D eigenvalue weighted by Crippen LogP contribution is -2.35. The van der Waals surface area contributed by atoms with Gasteiger partial charge in [-0.2, -0.15) is 8.42 Å². The SMILES string of the molecule is COCC[N+](CCOC)=c1ccc2c(-c3ccccc3)c(C)c(/C=C/C=C/C=C/C=C3/N(CCCCCC(=O)O)c4ccc(S(=O)(=O)O)cc4C3(C)C)oc-2c1. The molecule has 11 heteroatoms. The second-order valence-corrected chi connectivity index (χ2v) is 15.7. The van der Waals surface area contributed by atoms with Crippen LogP contribution in [-0.2, 0) is 29.8 Å². The van der Waals surface area contributed by atoms with Crippen molar-refractivity contribution in [3.05, 3.63) is 131 Å². The minimum atomic E-state index is -4.37. The zero-order valence-electron chi connectivity index (χ0n) is 32.9. The number of methoxy groups -OCH3 is 2. The molecule has 0 spiro atoms. The maximum atomic E-state index is 12.0. The number of carboxylic acids is 1. The zero-order chi connectivity index (χ0) is 40.3. The summed E-state index contributed by atoms with van der Waals surface area (Å²) in [6.07, 6.45) is 15.9. The molecule has 2 aromatic carbocycles. The quantitative estimate of drug-likeness (QED) is 0.0445. The Bertz CT molecular complexity index is 2260. The van der Waals surface area contributed by atoms with Crippen LogP contribution in [0.2, 0.25) is 0 Å². The fourth-order valence-corrected chi connectivity index (χ4v) is 7.70. The highest BCUT2D eigenvalue weighted by atomic mass is 32.2. The van der Waals surface area contributed by atoms with E-state index < -0.39 is 21.5 Å². The molecule has 0 fully saturated rings. The molecule has 5 rings (SSSR count). The van der Waals surface area contributed by atoms with Crippen LogP contribution in [0.4, 0.5) is 5.69 Å². The van der Waals surface area contributed by atoms with Crippen molar-refractivity contribution in [3.63, 3.8) is 0 Å². The number of aliphatic carboxylic acids is 1. The molecule has 0 saturated heterocycles. The van der Waals surface area contributed by atoms with Gasteiger partial charge in [-0.15, -0.1) is 0 Å². The highest BCUT2D eigenvalue weighted by Gasteiger charge is 2.40. The van der Waals surface area contributed by atoms with Gasteiger partial charge in [-0.25, -0.2) is 4.58 Å². The van der Waals surface area contributed by atoms with E-state index in [-0.39, 0.29) is 11.3 Å². The van der Waals surface area contributed by atoms with E-state index in [1.807, 2.05) is 74.6 Å². The predicted octanol–water partition coefficient (Wildman–Crippen LogP) is 8.12. The molecule has 1 aliphatic carbocycles. The first-order chi connectivity index (χ1) is 26.9. The van der Waals surface area contributed by atoms with Gasteiger partial charge in [-0.05, 0) is 72.9 Å². The fourth-order valence-electron chi connectivity index (χ4n) is 7.19. The van der Waals surface area contributed by atoms with E-state index in [4.69, 9.17) is 19.0 Å². The number of allylic oxidation sites excluding steroid dienone is 7. The maximum absolute atomic E-state index is 12.0. The first kappa shape index (κ1) is 42.1. The summed E-state index contributed by atoms with van der Waals surface area (Å²) < 4.78 is 53.3. The Morgan fingerprint density at radius 1 is 0.893 bits per heavy atom. The van der Waals surface area contributed by atoms with Crippen LogP contribution in [-0.4, -0.2) is 71.1 Å². The molecule has 296 valence electrons. The van der Waals surface area contributed by atoms with Gasteiger partial charge < -0.3 is 23.9 Å². The first-order valence-corrected chi connectivity index (χ1v) is 20.3. The molecule has 0 aromatic heterocycles. The van der Waals surface area contributed by atoms with Crippen LogP contribution in [0, 0.1) is 6.92 Å². The van der Waals surface area contributed by atoms with Crippen molar-refractivity contribution in [2.24, 2.45) is 0 Å². The van der Waals surface area contributed by atoms with E-state index >= 15 is 0 Å². The summed E-state index contributed by atoms with van der Waals surface area (Å²) in [5, 5.41) is 10.1. The second kappa shape index (κ2) is 19.2. The van der Waals surface area contributed by atoms with Crippen molar-refractivity contribution in [2.75, 3.05) is 52.0 Å². The van der Waals surface area contributed by atoms with Crippen LogP contribution in [0.3, 0.4) is 0 Å². The van der Waals surface area contributed by atoms with Crippen LogP contribution in [0.15, 0.2) is 118 Å². The largest absolute Gasteiger partial charge is 0.481 e. The van der Waals surface area contributed by atoms with E-state index in [1.54, 1.807) is 26.4 Å². The summed E-state index contributed by atoms with van der Waals surface area (Å²) in [4.78, 5) is 13.0. The summed E-state index contributed by atoms with van der Waals surface area (Å²) in [6, 6.07) is 21.4. The van der Waals surface area contributed by atoms with Gasteiger partial charge in [-0.1, -0.05) is 81.0 Å². The Labute approximate surface area is 330 Å². The minimum absolute atomic E-state index is 0.124. The van der Waals surface area contributed by atoms with E-state index in [0.717, 1.165) is 82.0 Å². The Balaban J connectivity index is 1.43. The number of benzene rings is 3. The number of carbonyl (C=O) groups is 1. The summed E-state index contributed by atoms with van der Waals surface area (Å²) in [7, 11) is -0.974. The summed E-state index contributed by atoms with van der Waals surface area (Å²) in [6.45, 7) is 9.39.